The first kappa shape index (κ1) is 58.9. The van der Waals surface area contributed by atoms with Gasteiger partial charge in [-0.15, -0.1) is 0 Å². The van der Waals surface area contributed by atoms with Crippen molar-refractivity contribution in [3.05, 3.63) is 36.0 Å². The second-order valence-electron chi connectivity index (χ2n) is 17.5. The van der Waals surface area contributed by atoms with Gasteiger partial charge in [-0.05, 0) is 97.1 Å². The van der Waals surface area contributed by atoms with Crippen LogP contribution in [-0.4, -0.2) is 140 Å². The fourth-order valence-electron chi connectivity index (χ4n) is 6.84. The number of benzene rings is 1. The first-order chi connectivity index (χ1) is 33.1. The predicted molar refractivity (Wildman–Crippen MR) is 250 cm³/mol. The van der Waals surface area contributed by atoms with Crippen molar-refractivity contribution in [1.29, 1.82) is 0 Å². The molecule has 2 aromatic rings. The number of fused-ring (bicyclic) bond motifs is 1. The molecule has 0 saturated carbocycles. The van der Waals surface area contributed by atoms with Crippen molar-refractivity contribution in [2.45, 2.75) is 153 Å². The number of para-hydroxylation sites is 1. The van der Waals surface area contributed by atoms with Crippen LogP contribution in [0.15, 0.2) is 30.3 Å². The smallest absolute Gasteiger partial charge is 0.407 e. The highest BCUT2D eigenvalue weighted by Gasteiger charge is 2.30. The van der Waals surface area contributed by atoms with Crippen LogP contribution in [0, 0.1) is 0 Å². The molecule has 388 valence electrons. The Bertz CT molecular complexity index is 2090. The Kier molecular flexibility index (Phi) is 26.0. The molecule has 7 amide bonds. The molecule has 0 fully saturated rings. The summed E-state index contributed by atoms with van der Waals surface area (Å²) in [5.41, 5.74) is 0.452. The largest absolute Gasteiger partial charge is 0.481 e. The molecule has 0 aliphatic carbocycles. The Balaban J connectivity index is 1.84. The molecule has 0 spiro atoms. The first-order valence-electron chi connectivity index (χ1n) is 23.3. The van der Waals surface area contributed by atoms with E-state index in [2.05, 4.69) is 36.9 Å². The van der Waals surface area contributed by atoms with Crippen LogP contribution < -0.4 is 37.2 Å². The van der Waals surface area contributed by atoms with E-state index in [1.807, 2.05) is 29.6 Å². The molecule has 0 radical (unpaired) electrons. The second kappa shape index (κ2) is 31.0. The minimum atomic E-state index is -1.75. The molecule has 2 rings (SSSR count). The van der Waals surface area contributed by atoms with Crippen LogP contribution in [0.4, 0.5) is 9.59 Å². The summed E-state index contributed by atoms with van der Waals surface area (Å²) < 4.78 is 5.23. The van der Waals surface area contributed by atoms with Gasteiger partial charge in [-0.3, -0.25) is 28.8 Å². The number of carboxylic acids is 4. The van der Waals surface area contributed by atoms with Gasteiger partial charge in [0.05, 0.1) is 6.04 Å². The Morgan fingerprint density at radius 1 is 0.571 bits per heavy atom. The standard InChI is InChI=1S/C46H68N8O16/c1-46(2,3)70-45(69)49-26-14-11-18-31(40(61)52-30(38(59)43(66)67)17-10-13-25-48-39(60)34-27-28-15-8-9-16-29(28)50-34)51-36(56)19-7-5-4-6-12-24-47-35(55)22-20-32(41(62)63)53-44(68)54-33(42(64)65)21-23-37(57)58/h8-9,15-16,27,30-33,50H,4-7,10-14,17-26H2,1-3H3,(H,47,55)(H,48,60)(H,49,69)(H,51,56)(H,52,61)(H,57,58)(H,62,63)(H,64,65)(H,66,67)(H2,53,54,68)/t30-,31-,32-,33-/m0/s1. The Morgan fingerprint density at radius 2 is 1.13 bits per heavy atom. The van der Waals surface area contributed by atoms with E-state index in [1.165, 1.54) is 0 Å². The number of amides is 7. The number of alkyl carbamates (subject to hydrolysis) is 1. The van der Waals surface area contributed by atoms with Gasteiger partial charge in [-0.25, -0.2) is 24.0 Å². The molecule has 0 bridgehead atoms. The molecule has 1 aromatic heterocycles. The van der Waals surface area contributed by atoms with Gasteiger partial charge in [0.1, 0.15) is 29.4 Å². The molecule has 24 nitrogen and oxygen atoms in total. The van der Waals surface area contributed by atoms with E-state index in [-0.39, 0.29) is 64.1 Å². The summed E-state index contributed by atoms with van der Waals surface area (Å²) in [4.78, 5) is 137. The number of aromatic nitrogens is 1. The molecular formula is C46H68N8O16. The average Bonchev–Trinajstić information content (AvgIpc) is 3.72. The van der Waals surface area contributed by atoms with E-state index in [0.29, 0.717) is 57.1 Å². The van der Waals surface area contributed by atoms with Gasteiger partial charge in [-0.2, -0.15) is 0 Å². The molecule has 1 aromatic carbocycles. The van der Waals surface area contributed by atoms with E-state index in [1.54, 1.807) is 26.8 Å². The summed E-state index contributed by atoms with van der Waals surface area (Å²) in [7, 11) is 0. The predicted octanol–water partition coefficient (Wildman–Crippen LogP) is 2.69. The van der Waals surface area contributed by atoms with Crippen LogP contribution in [0.5, 0.6) is 0 Å². The minimum Gasteiger partial charge on any atom is -0.481 e. The maximum atomic E-state index is 13.6. The lowest BCUT2D eigenvalue weighted by Gasteiger charge is -2.22. The number of ether oxygens (including phenoxy) is 1. The summed E-state index contributed by atoms with van der Waals surface area (Å²) in [6.07, 6.45) is 2.20. The molecule has 12 N–H and O–H groups in total. The van der Waals surface area contributed by atoms with Crippen LogP contribution >= 0.6 is 0 Å². The van der Waals surface area contributed by atoms with Crippen molar-refractivity contribution in [3.8, 4) is 0 Å². The summed E-state index contributed by atoms with van der Waals surface area (Å²) in [5, 5.41) is 55.1. The van der Waals surface area contributed by atoms with Gasteiger partial charge in [0.2, 0.25) is 17.7 Å². The van der Waals surface area contributed by atoms with E-state index in [9.17, 15) is 68.1 Å². The number of hydrogen-bond acceptors (Lipinski definition) is 12. The SMILES string of the molecule is CC(C)(C)OC(=O)NCCCC[C@H](NC(=O)CCCCCCCNC(=O)CC[C@H](NC(=O)N[C@@H](CCC(=O)O)C(=O)O)C(=O)O)C(=O)N[C@@H](CCCCNC(=O)c1cc2ccccc2[nH]1)C(=O)C(=O)O. The number of carboxylic acid groups (broad SMARTS) is 4. The summed E-state index contributed by atoms with van der Waals surface area (Å²) in [6, 6.07) is 2.28. The fourth-order valence-corrected chi connectivity index (χ4v) is 6.84. The molecule has 70 heavy (non-hydrogen) atoms. The van der Waals surface area contributed by atoms with Crippen molar-refractivity contribution in [2.75, 3.05) is 19.6 Å². The number of urea groups is 1. The van der Waals surface area contributed by atoms with Crippen molar-refractivity contribution < 1.29 is 77.9 Å². The molecule has 4 atom stereocenters. The second-order valence-corrected chi connectivity index (χ2v) is 17.5. The number of unbranched alkanes of at least 4 members (excludes halogenated alkanes) is 6. The number of nitrogens with one attached hydrogen (secondary N) is 8. The van der Waals surface area contributed by atoms with E-state index >= 15 is 0 Å². The van der Waals surface area contributed by atoms with Crippen LogP contribution in [-0.2, 0) is 43.1 Å². The fraction of sp³-hybridized carbons (Fsp3) is 0.587. The van der Waals surface area contributed by atoms with Gasteiger partial charge in [0.15, 0.2) is 0 Å². The lowest BCUT2D eigenvalue weighted by atomic mass is 10.0. The van der Waals surface area contributed by atoms with E-state index < -0.39 is 102 Å². The average molecular weight is 989 g/mol. The quantitative estimate of drug-likeness (QED) is 0.0354. The zero-order chi connectivity index (χ0) is 52.2. The number of carbonyl (C=O) groups is 11. The molecule has 0 aliphatic rings. The topological polar surface area (TPSA) is 378 Å². The van der Waals surface area contributed by atoms with E-state index in [0.717, 1.165) is 10.9 Å². The number of carbonyl (C=O) groups excluding carboxylic acids is 7. The van der Waals surface area contributed by atoms with Crippen molar-refractivity contribution in [1.82, 2.24) is 42.2 Å². The Morgan fingerprint density at radius 3 is 1.73 bits per heavy atom. The lowest BCUT2D eigenvalue weighted by Crippen LogP contribution is -2.52. The van der Waals surface area contributed by atoms with Crippen LogP contribution in [0.2, 0.25) is 0 Å². The molecule has 0 saturated heterocycles. The van der Waals surface area contributed by atoms with Crippen molar-refractivity contribution in [3.63, 3.8) is 0 Å². The van der Waals surface area contributed by atoms with Crippen LogP contribution in [0.3, 0.4) is 0 Å². The maximum absolute atomic E-state index is 13.6. The Labute approximate surface area is 404 Å². The zero-order valence-corrected chi connectivity index (χ0v) is 39.8. The van der Waals surface area contributed by atoms with Gasteiger partial charge in [-0.1, -0.05) is 37.5 Å². The number of aliphatic carboxylic acids is 4. The third-order valence-corrected chi connectivity index (χ3v) is 10.5. The van der Waals surface area contributed by atoms with Crippen LogP contribution in [0.25, 0.3) is 10.9 Å². The highest BCUT2D eigenvalue weighted by atomic mass is 16.6. The zero-order valence-electron chi connectivity index (χ0n) is 39.8. The summed E-state index contributed by atoms with van der Waals surface area (Å²) in [6.45, 7) is 5.82. The minimum absolute atomic E-state index is 0.0402. The number of Topliss-reactive ketones (excluding diaryl/α,β-unsaturated/α-hetero) is 1. The number of aromatic amines is 1. The van der Waals surface area contributed by atoms with Gasteiger partial charge >= 0.3 is 36.0 Å². The maximum Gasteiger partial charge on any atom is 0.407 e. The summed E-state index contributed by atoms with van der Waals surface area (Å²) in [5.74, 6) is -9.30. The first-order valence-corrected chi connectivity index (χ1v) is 23.3. The lowest BCUT2D eigenvalue weighted by molar-refractivity contribution is -0.150. The molecule has 24 heteroatoms. The Hall–Kier alpha value is -7.27. The molecular weight excluding hydrogens is 921 g/mol. The van der Waals surface area contributed by atoms with Gasteiger partial charge < -0.3 is 67.4 Å². The molecule has 0 unspecified atom stereocenters. The number of hydrogen-bond donors (Lipinski definition) is 12. The van der Waals surface area contributed by atoms with Crippen molar-refractivity contribution in [2.24, 2.45) is 0 Å². The van der Waals surface area contributed by atoms with Crippen molar-refractivity contribution >= 4 is 76.3 Å². The van der Waals surface area contributed by atoms with Gasteiger partial charge in [0.25, 0.3) is 11.7 Å². The third-order valence-electron chi connectivity index (χ3n) is 10.5. The highest BCUT2D eigenvalue weighted by molar-refractivity contribution is 6.35. The van der Waals surface area contributed by atoms with Gasteiger partial charge in [0, 0.05) is 49.8 Å². The monoisotopic (exact) mass is 988 g/mol. The molecule has 1 heterocycles. The van der Waals surface area contributed by atoms with E-state index in [4.69, 9.17) is 9.84 Å². The number of ketones is 1. The van der Waals surface area contributed by atoms with Crippen LogP contribution in [0.1, 0.15) is 134 Å². The third kappa shape index (κ3) is 24.7. The highest BCUT2D eigenvalue weighted by Crippen LogP contribution is 2.15. The summed E-state index contributed by atoms with van der Waals surface area (Å²) >= 11 is 0. The normalized spacial score (nSPS) is 12.8. The number of H-pyrrole nitrogens is 1. The number of rotatable bonds is 34. The molecule has 0 aliphatic heterocycles.